The van der Waals surface area contributed by atoms with Crippen molar-refractivity contribution in [1.82, 2.24) is 9.80 Å². The molecule has 6 nitrogen and oxygen atoms in total. The van der Waals surface area contributed by atoms with Gasteiger partial charge in [0.15, 0.2) is 0 Å². The van der Waals surface area contributed by atoms with E-state index in [0.717, 1.165) is 63.0 Å². The van der Waals surface area contributed by atoms with Crippen molar-refractivity contribution in [2.45, 2.75) is 50.4 Å². The second-order valence-corrected chi connectivity index (χ2v) is 9.94. The minimum Gasteiger partial charge on any atom is -0.465 e. The van der Waals surface area contributed by atoms with Crippen LogP contribution in [0.3, 0.4) is 0 Å². The molecule has 0 radical (unpaired) electrons. The molecule has 38 heavy (non-hydrogen) atoms. The molecule has 2 aromatic rings. The molecule has 0 aromatic heterocycles. The second-order valence-electron chi connectivity index (χ2n) is 9.94. The lowest BCUT2D eigenvalue weighted by Gasteiger charge is -2.38. The van der Waals surface area contributed by atoms with Gasteiger partial charge >= 0.3 is 11.9 Å². The molecule has 2 aliphatic heterocycles. The monoisotopic (exact) mass is 566 g/mol. The van der Waals surface area contributed by atoms with Crippen LogP contribution in [-0.2, 0) is 29.9 Å². The summed E-state index contributed by atoms with van der Waals surface area (Å²) in [6.45, 7) is 8.38. The molecule has 4 rings (SSSR count). The van der Waals surface area contributed by atoms with Gasteiger partial charge < -0.3 is 19.3 Å². The number of carbonyl (C=O) groups excluding carboxylic acids is 2. The van der Waals surface area contributed by atoms with Gasteiger partial charge in [0.05, 0.1) is 24.0 Å². The topological polar surface area (TPSA) is 59.1 Å². The van der Waals surface area contributed by atoms with Gasteiger partial charge in [-0.15, -0.1) is 24.8 Å². The van der Waals surface area contributed by atoms with Gasteiger partial charge in [-0.2, -0.15) is 0 Å². The van der Waals surface area contributed by atoms with Gasteiger partial charge in [-0.25, -0.2) is 0 Å². The summed E-state index contributed by atoms with van der Waals surface area (Å²) in [7, 11) is 4.19. The first kappa shape index (κ1) is 33.9. The Morgan fingerprint density at radius 3 is 1.18 bits per heavy atom. The van der Waals surface area contributed by atoms with Gasteiger partial charge in [0, 0.05) is 0 Å². The van der Waals surface area contributed by atoms with Crippen LogP contribution in [0.5, 0.6) is 0 Å². The summed E-state index contributed by atoms with van der Waals surface area (Å²) in [5, 5.41) is 0. The quantitative estimate of drug-likeness (QED) is 0.444. The highest BCUT2D eigenvalue weighted by Crippen LogP contribution is 2.37. The lowest BCUT2D eigenvalue weighted by molar-refractivity contribution is -0.153. The minimum absolute atomic E-state index is 0. The maximum absolute atomic E-state index is 12.4. The smallest absolute Gasteiger partial charge is 0.316 e. The molecule has 2 aromatic carbocycles. The Kier molecular flexibility index (Phi) is 14.4. The van der Waals surface area contributed by atoms with Crippen LogP contribution in [0.1, 0.15) is 50.7 Å². The minimum atomic E-state index is -0.441. The molecule has 0 saturated carbocycles. The Morgan fingerprint density at radius 2 is 0.921 bits per heavy atom. The van der Waals surface area contributed by atoms with Crippen LogP contribution < -0.4 is 0 Å². The van der Waals surface area contributed by atoms with E-state index < -0.39 is 10.8 Å². The average molecular weight is 568 g/mol. The number of rotatable bonds is 6. The average Bonchev–Trinajstić information content (AvgIpc) is 2.91. The third kappa shape index (κ3) is 7.95. The summed E-state index contributed by atoms with van der Waals surface area (Å²) >= 11 is 0. The van der Waals surface area contributed by atoms with Crippen molar-refractivity contribution in [2.75, 3.05) is 53.5 Å². The molecule has 0 amide bonds. The SMILES string of the molecule is CCOC(=O)C1(c2ccccc2)CCN(C)CC1.CCOC(=O)C1(c2ccccc2)CCN(C)CC1.Cl.Cl. The van der Waals surface area contributed by atoms with E-state index >= 15 is 0 Å². The van der Waals surface area contributed by atoms with Crippen molar-refractivity contribution in [3.8, 4) is 0 Å². The summed E-state index contributed by atoms with van der Waals surface area (Å²) in [4.78, 5) is 29.3. The predicted octanol–water partition coefficient (Wildman–Crippen LogP) is 5.27. The fourth-order valence-corrected chi connectivity index (χ4v) is 5.27. The highest BCUT2D eigenvalue weighted by Gasteiger charge is 2.44. The van der Waals surface area contributed by atoms with E-state index in [1.165, 1.54) is 0 Å². The molecule has 2 heterocycles. The van der Waals surface area contributed by atoms with E-state index in [0.29, 0.717) is 13.2 Å². The maximum atomic E-state index is 12.4. The molecule has 212 valence electrons. The van der Waals surface area contributed by atoms with Gasteiger partial charge in [0.25, 0.3) is 0 Å². The summed E-state index contributed by atoms with van der Waals surface area (Å²) < 4.78 is 10.6. The van der Waals surface area contributed by atoms with Crippen molar-refractivity contribution in [2.24, 2.45) is 0 Å². The molecule has 0 atom stereocenters. The highest BCUT2D eigenvalue weighted by molar-refractivity contribution is 5.86. The third-order valence-corrected chi connectivity index (χ3v) is 7.67. The summed E-state index contributed by atoms with van der Waals surface area (Å²) in [6, 6.07) is 20.1. The third-order valence-electron chi connectivity index (χ3n) is 7.67. The summed E-state index contributed by atoms with van der Waals surface area (Å²) in [5.74, 6) is -0.131. The van der Waals surface area contributed by atoms with Gasteiger partial charge in [-0.3, -0.25) is 9.59 Å². The Balaban J connectivity index is 0.000000361. The van der Waals surface area contributed by atoms with Gasteiger partial charge in [0.2, 0.25) is 0 Å². The number of carbonyl (C=O) groups is 2. The largest absolute Gasteiger partial charge is 0.465 e. The Morgan fingerprint density at radius 1 is 0.632 bits per heavy atom. The molecule has 0 bridgehead atoms. The Bertz CT molecular complexity index is 879. The zero-order chi connectivity index (χ0) is 26.0. The van der Waals surface area contributed by atoms with Crippen molar-refractivity contribution in [3.05, 3.63) is 71.8 Å². The van der Waals surface area contributed by atoms with Crippen molar-refractivity contribution < 1.29 is 19.1 Å². The van der Waals surface area contributed by atoms with Crippen LogP contribution >= 0.6 is 24.8 Å². The number of nitrogens with zero attached hydrogens (tertiary/aromatic N) is 2. The number of benzene rings is 2. The number of piperidine rings is 2. The van der Waals surface area contributed by atoms with Crippen molar-refractivity contribution in [1.29, 1.82) is 0 Å². The first-order valence-corrected chi connectivity index (χ1v) is 13.2. The summed E-state index contributed by atoms with van der Waals surface area (Å²) in [5.41, 5.74) is 1.31. The van der Waals surface area contributed by atoms with E-state index in [4.69, 9.17) is 9.47 Å². The van der Waals surface area contributed by atoms with E-state index in [-0.39, 0.29) is 36.8 Å². The zero-order valence-electron chi connectivity index (χ0n) is 23.2. The molecule has 2 fully saturated rings. The van der Waals surface area contributed by atoms with Crippen LogP contribution in [0.15, 0.2) is 60.7 Å². The number of likely N-dealkylation sites (tertiary alicyclic amines) is 2. The predicted molar refractivity (Wildman–Crippen MR) is 157 cm³/mol. The fourth-order valence-electron chi connectivity index (χ4n) is 5.27. The number of esters is 2. The van der Waals surface area contributed by atoms with E-state index in [1.807, 2.05) is 74.5 Å². The maximum Gasteiger partial charge on any atom is 0.316 e. The van der Waals surface area contributed by atoms with E-state index in [1.54, 1.807) is 0 Å². The molecule has 0 N–H and O–H groups in total. The van der Waals surface area contributed by atoms with Crippen LogP contribution in [-0.4, -0.2) is 75.2 Å². The highest BCUT2D eigenvalue weighted by atomic mass is 35.5. The number of hydrogen-bond donors (Lipinski definition) is 0. The van der Waals surface area contributed by atoms with Crippen molar-refractivity contribution in [3.63, 3.8) is 0 Å². The van der Waals surface area contributed by atoms with Crippen molar-refractivity contribution >= 4 is 36.8 Å². The van der Waals surface area contributed by atoms with E-state index in [2.05, 4.69) is 23.9 Å². The van der Waals surface area contributed by atoms with Crippen LogP contribution in [0, 0.1) is 0 Å². The van der Waals surface area contributed by atoms with Crippen LogP contribution in [0.2, 0.25) is 0 Å². The lowest BCUT2D eigenvalue weighted by Crippen LogP contribution is -2.47. The summed E-state index contributed by atoms with van der Waals surface area (Å²) in [6.07, 6.45) is 3.36. The standard InChI is InChI=1S/2C15H21NO2.2ClH/c2*1-3-18-14(17)15(9-11-16(2)12-10-15)13-7-5-4-6-8-13;;/h2*4-8H,3,9-12H2,1-2H3;2*1H. The first-order valence-electron chi connectivity index (χ1n) is 13.2. The lowest BCUT2D eigenvalue weighted by atomic mass is 9.73. The number of ether oxygens (including phenoxy) is 2. The molecule has 8 heteroatoms. The Hall–Kier alpha value is -2.12. The van der Waals surface area contributed by atoms with Gasteiger partial charge in [-0.1, -0.05) is 60.7 Å². The Labute approximate surface area is 240 Å². The molecular formula is C30H44Cl2N2O4. The first-order chi connectivity index (χ1) is 17.4. The molecule has 0 aliphatic carbocycles. The fraction of sp³-hybridized carbons (Fsp3) is 0.533. The van der Waals surface area contributed by atoms with Crippen LogP contribution in [0.25, 0.3) is 0 Å². The van der Waals surface area contributed by atoms with E-state index in [9.17, 15) is 9.59 Å². The second kappa shape index (κ2) is 16.1. The molecule has 2 saturated heterocycles. The number of halogens is 2. The molecule has 0 spiro atoms. The molecule has 2 aliphatic rings. The molecule has 0 unspecified atom stereocenters. The van der Waals surface area contributed by atoms with Gasteiger partial charge in [0.1, 0.15) is 0 Å². The van der Waals surface area contributed by atoms with Gasteiger partial charge in [-0.05, 0) is 90.9 Å². The normalized spacial score (nSPS) is 18.4. The number of hydrogen-bond acceptors (Lipinski definition) is 6. The van der Waals surface area contributed by atoms with Crippen LogP contribution in [0.4, 0.5) is 0 Å². The molecular weight excluding hydrogens is 523 g/mol. The zero-order valence-corrected chi connectivity index (χ0v) is 24.8.